The fourth-order valence-electron chi connectivity index (χ4n) is 2.69. The Balaban J connectivity index is 1.73. The molecule has 154 valence electrons. The first kappa shape index (κ1) is 21.2. The molecule has 0 aliphatic carbocycles. The highest BCUT2D eigenvalue weighted by Crippen LogP contribution is 2.35. The summed E-state index contributed by atoms with van der Waals surface area (Å²) in [5, 5.41) is 5.75. The molecule has 7 heteroatoms. The van der Waals surface area contributed by atoms with Crippen LogP contribution in [0.2, 0.25) is 5.02 Å². The number of para-hydroxylation sites is 1. The first-order valence-electron chi connectivity index (χ1n) is 9.24. The normalized spacial score (nSPS) is 11.3. The van der Waals surface area contributed by atoms with Gasteiger partial charge in [-0.05, 0) is 37.3 Å². The number of ether oxygens (including phenoxy) is 2. The number of rotatable bonds is 7. The predicted octanol–water partition coefficient (Wildman–Crippen LogP) is 5.01. The van der Waals surface area contributed by atoms with Crippen LogP contribution in [0.4, 0.5) is 11.4 Å². The van der Waals surface area contributed by atoms with Crippen molar-refractivity contribution in [1.29, 1.82) is 0 Å². The minimum atomic E-state index is -0.744. The fourth-order valence-corrected chi connectivity index (χ4v) is 2.90. The number of hydrogen-bond donors (Lipinski definition) is 2. The first-order chi connectivity index (χ1) is 14.5. The molecule has 1 atom stereocenters. The van der Waals surface area contributed by atoms with Gasteiger partial charge in [0.15, 0.2) is 6.10 Å². The summed E-state index contributed by atoms with van der Waals surface area (Å²) in [6.45, 7) is 1.64. The molecule has 0 unspecified atom stereocenters. The molecule has 0 aliphatic heterocycles. The van der Waals surface area contributed by atoms with E-state index < -0.39 is 6.10 Å². The number of carbonyl (C=O) groups excluding carboxylic acids is 2. The molecule has 2 N–H and O–H groups in total. The Labute approximate surface area is 179 Å². The third-order valence-corrected chi connectivity index (χ3v) is 4.57. The average molecular weight is 425 g/mol. The van der Waals surface area contributed by atoms with Gasteiger partial charge in [-0.2, -0.15) is 0 Å². The maximum absolute atomic E-state index is 12.5. The number of benzene rings is 3. The van der Waals surface area contributed by atoms with Crippen LogP contribution >= 0.6 is 11.6 Å². The van der Waals surface area contributed by atoms with Gasteiger partial charge < -0.3 is 20.1 Å². The average Bonchev–Trinajstić information content (AvgIpc) is 2.76. The molecule has 3 aromatic carbocycles. The highest BCUT2D eigenvalue weighted by molar-refractivity contribution is 6.34. The van der Waals surface area contributed by atoms with Crippen LogP contribution in [0.5, 0.6) is 11.5 Å². The molecule has 3 rings (SSSR count). The number of anilines is 2. The maximum Gasteiger partial charge on any atom is 0.265 e. The molecule has 0 heterocycles. The van der Waals surface area contributed by atoms with E-state index in [1.54, 1.807) is 49.4 Å². The largest absolute Gasteiger partial charge is 0.494 e. The second-order valence-electron chi connectivity index (χ2n) is 6.41. The van der Waals surface area contributed by atoms with Crippen LogP contribution in [-0.4, -0.2) is 25.0 Å². The molecule has 0 saturated carbocycles. The molecular weight excluding hydrogens is 404 g/mol. The molecule has 0 aromatic heterocycles. The van der Waals surface area contributed by atoms with Crippen molar-refractivity contribution >= 4 is 34.8 Å². The minimum absolute atomic E-state index is 0.249. The molecule has 0 aliphatic rings. The summed E-state index contributed by atoms with van der Waals surface area (Å²) in [5.41, 5.74) is 1.24. The molecule has 0 saturated heterocycles. The van der Waals surface area contributed by atoms with Crippen molar-refractivity contribution < 1.29 is 19.1 Å². The molecule has 6 nitrogen and oxygen atoms in total. The monoisotopic (exact) mass is 424 g/mol. The van der Waals surface area contributed by atoms with E-state index in [0.29, 0.717) is 28.4 Å². The smallest absolute Gasteiger partial charge is 0.265 e. The molecule has 2 amide bonds. The zero-order valence-corrected chi connectivity index (χ0v) is 17.3. The van der Waals surface area contributed by atoms with Gasteiger partial charge in [-0.25, -0.2) is 0 Å². The Morgan fingerprint density at radius 1 is 0.900 bits per heavy atom. The number of methoxy groups -OCH3 is 1. The van der Waals surface area contributed by atoms with Gasteiger partial charge in [0, 0.05) is 11.6 Å². The van der Waals surface area contributed by atoms with E-state index in [2.05, 4.69) is 10.6 Å². The predicted molar refractivity (Wildman–Crippen MR) is 118 cm³/mol. The van der Waals surface area contributed by atoms with Crippen LogP contribution in [0.3, 0.4) is 0 Å². The zero-order valence-electron chi connectivity index (χ0n) is 16.5. The Morgan fingerprint density at radius 3 is 2.17 bits per heavy atom. The van der Waals surface area contributed by atoms with Crippen molar-refractivity contribution in [3.63, 3.8) is 0 Å². The molecule has 0 radical (unpaired) electrons. The van der Waals surface area contributed by atoms with Gasteiger partial charge in [0.2, 0.25) is 0 Å². The zero-order chi connectivity index (χ0) is 21.5. The SMILES string of the molecule is COc1cc(NC(=O)[C@H](C)Oc2ccccc2)c(Cl)cc1NC(=O)c1ccccc1. The number of hydrogen-bond acceptors (Lipinski definition) is 4. The van der Waals surface area contributed by atoms with E-state index in [1.165, 1.54) is 13.2 Å². The first-order valence-corrected chi connectivity index (χ1v) is 9.62. The van der Waals surface area contributed by atoms with Gasteiger partial charge in [-0.3, -0.25) is 9.59 Å². The van der Waals surface area contributed by atoms with Gasteiger partial charge >= 0.3 is 0 Å². The van der Waals surface area contributed by atoms with E-state index >= 15 is 0 Å². The van der Waals surface area contributed by atoms with E-state index in [0.717, 1.165) is 0 Å². The number of amides is 2. The fraction of sp³-hybridized carbons (Fsp3) is 0.130. The van der Waals surface area contributed by atoms with Crippen molar-refractivity contribution in [2.45, 2.75) is 13.0 Å². The summed E-state index contributed by atoms with van der Waals surface area (Å²) in [4.78, 5) is 24.9. The van der Waals surface area contributed by atoms with Gasteiger partial charge in [0.1, 0.15) is 11.5 Å². The Kier molecular flexibility index (Phi) is 6.93. The van der Waals surface area contributed by atoms with Gasteiger partial charge in [0.25, 0.3) is 11.8 Å². The summed E-state index contributed by atoms with van der Waals surface area (Å²) in [6, 6.07) is 20.9. The summed E-state index contributed by atoms with van der Waals surface area (Å²) >= 11 is 6.33. The lowest BCUT2D eigenvalue weighted by molar-refractivity contribution is -0.122. The van der Waals surface area contributed by atoms with Crippen LogP contribution in [-0.2, 0) is 4.79 Å². The van der Waals surface area contributed by atoms with E-state index in [9.17, 15) is 9.59 Å². The molecule has 0 spiro atoms. The van der Waals surface area contributed by atoms with Crippen molar-refractivity contribution in [3.8, 4) is 11.5 Å². The van der Waals surface area contributed by atoms with Gasteiger partial charge in [0.05, 0.1) is 23.5 Å². The molecular formula is C23H21ClN2O4. The van der Waals surface area contributed by atoms with Crippen molar-refractivity contribution in [3.05, 3.63) is 83.4 Å². The highest BCUT2D eigenvalue weighted by Gasteiger charge is 2.19. The standard InChI is InChI=1S/C23H21ClN2O4/c1-15(30-17-11-7-4-8-12-17)22(27)25-19-14-21(29-2)20(13-18(19)24)26-23(28)16-9-5-3-6-10-16/h3-15H,1-2H3,(H,25,27)(H,26,28)/t15-/m0/s1. The summed E-state index contributed by atoms with van der Waals surface area (Å²) in [6.07, 6.45) is -0.744. The van der Waals surface area contributed by atoms with E-state index in [1.807, 2.05) is 24.3 Å². The molecule has 0 bridgehead atoms. The Hall–Kier alpha value is -3.51. The van der Waals surface area contributed by atoms with E-state index in [-0.39, 0.29) is 16.8 Å². The second-order valence-corrected chi connectivity index (χ2v) is 6.82. The van der Waals surface area contributed by atoms with Crippen LogP contribution in [0.25, 0.3) is 0 Å². The highest BCUT2D eigenvalue weighted by atomic mass is 35.5. The quantitative estimate of drug-likeness (QED) is 0.559. The molecule has 3 aromatic rings. The second kappa shape index (κ2) is 9.80. The van der Waals surface area contributed by atoms with Crippen LogP contribution in [0, 0.1) is 0 Å². The lowest BCUT2D eigenvalue weighted by atomic mass is 10.2. The Bertz CT molecular complexity index is 1030. The third-order valence-electron chi connectivity index (χ3n) is 4.26. The summed E-state index contributed by atoms with van der Waals surface area (Å²) in [7, 11) is 1.47. The summed E-state index contributed by atoms with van der Waals surface area (Å²) in [5.74, 6) is 0.272. The lowest BCUT2D eigenvalue weighted by Crippen LogP contribution is -2.30. The van der Waals surface area contributed by atoms with Crippen LogP contribution in [0.15, 0.2) is 72.8 Å². The number of nitrogens with one attached hydrogen (secondary N) is 2. The topological polar surface area (TPSA) is 76.7 Å². The molecule has 0 fully saturated rings. The minimum Gasteiger partial charge on any atom is -0.494 e. The number of carbonyl (C=O) groups is 2. The van der Waals surface area contributed by atoms with Crippen molar-refractivity contribution in [2.24, 2.45) is 0 Å². The lowest BCUT2D eigenvalue weighted by Gasteiger charge is -2.17. The van der Waals surface area contributed by atoms with Crippen LogP contribution in [0.1, 0.15) is 17.3 Å². The maximum atomic E-state index is 12.5. The number of halogens is 1. The Morgan fingerprint density at radius 2 is 1.53 bits per heavy atom. The van der Waals surface area contributed by atoms with Crippen molar-refractivity contribution in [2.75, 3.05) is 17.7 Å². The van der Waals surface area contributed by atoms with E-state index in [4.69, 9.17) is 21.1 Å². The molecule has 30 heavy (non-hydrogen) atoms. The van der Waals surface area contributed by atoms with Crippen molar-refractivity contribution in [1.82, 2.24) is 0 Å². The summed E-state index contributed by atoms with van der Waals surface area (Å²) < 4.78 is 11.0. The van der Waals surface area contributed by atoms with Gasteiger partial charge in [-0.1, -0.05) is 48.0 Å². The van der Waals surface area contributed by atoms with Crippen LogP contribution < -0.4 is 20.1 Å². The van der Waals surface area contributed by atoms with Gasteiger partial charge in [-0.15, -0.1) is 0 Å². The third kappa shape index (κ3) is 5.30.